The molecule has 6 nitrogen and oxygen atoms in total. The van der Waals surface area contributed by atoms with Crippen LogP contribution in [0.1, 0.15) is 42.7 Å². The van der Waals surface area contributed by atoms with Crippen molar-refractivity contribution in [1.29, 1.82) is 0 Å². The molecule has 2 aromatic carbocycles. The normalized spacial score (nSPS) is 11.5. The molecule has 9 heteroatoms. The van der Waals surface area contributed by atoms with E-state index in [4.69, 9.17) is 4.74 Å². The third kappa shape index (κ3) is 4.87. The van der Waals surface area contributed by atoms with Crippen LogP contribution in [0.5, 0.6) is 5.75 Å². The highest BCUT2D eigenvalue weighted by molar-refractivity contribution is 6.11. The van der Waals surface area contributed by atoms with Gasteiger partial charge in [0.15, 0.2) is 5.69 Å². The summed E-state index contributed by atoms with van der Waals surface area (Å²) in [5.74, 6) is -0.615. The van der Waals surface area contributed by atoms with Crippen molar-refractivity contribution in [2.45, 2.75) is 39.4 Å². The number of anilines is 1. The maximum absolute atomic E-state index is 13.2. The van der Waals surface area contributed by atoms with Gasteiger partial charge in [-0.25, -0.2) is 4.68 Å². The van der Waals surface area contributed by atoms with E-state index in [1.807, 2.05) is 13.8 Å². The fourth-order valence-electron chi connectivity index (χ4n) is 3.09. The first-order chi connectivity index (χ1) is 14.8. The van der Waals surface area contributed by atoms with Crippen molar-refractivity contribution in [1.82, 2.24) is 9.78 Å². The van der Waals surface area contributed by atoms with Crippen LogP contribution < -0.4 is 15.6 Å². The molecule has 1 N–H and O–H groups in total. The predicted octanol–water partition coefficient (Wildman–Crippen LogP) is 4.87. The van der Waals surface area contributed by atoms with Crippen molar-refractivity contribution in [3.63, 3.8) is 0 Å². The molecule has 0 radical (unpaired) electrons. The molecule has 1 amide bonds. The smallest absolute Gasteiger partial charge is 0.416 e. The van der Waals surface area contributed by atoms with Gasteiger partial charge in [-0.15, -0.1) is 0 Å². The quantitative estimate of drug-likeness (QED) is 0.577. The molecule has 1 heterocycles. The molecule has 0 bridgehead atoms. The summed E-state index contributed by atoms with van der Waals surface area (Å²) in [5.41, 5.74) is -1.42. The molecule has 0 aliphatic rings. The number of fused-ring (bicyclic) bond motifs is 1. The van der Waals surface area contributed by atoms with Crippen LogP contribution in [0.15, 0.2) is 47.3 Å². The Morgan fingerprint density at radius 2 is 1.81 bits per heavy atom. The van der Waals surface area contributed by atoms with E-state index in [1.165, 1.54) is 10.7 Å². The molecule has 0 atom stereocenters. The Hall–Kier alpha value is -3.36. The van der Waals surface area contributed by atoms with E-state index in [1.54, 1.807) is 24.3 Å². The average molecular weight is 433 g/mol. The van der Waals surface area contributed by atoms with Crippen molar-refractivity contribution in [2.24, 2.45) is 0 Å². The van der Waals surface area contributed by atoms with Crippen molar-refractivity contribution < 1.29 is 22.7 Å². The predicted molar refractivity (Wildman–Crippen MR) is 111 cm³/mol. The Kier molecular flexibility index (Phi) is 6.62. The largest absolute Gasteiger partial charge is 0.491 e. The number of aromatic nitrogens is 2. The third-order valence-electron chi connectivity index (χ3n) is 4.54. The summed E-state index contributed by atoms with van der Waals surface area (Å²) < 4.78 is 46.3. The van der Waals surface area contributed by atoms with Gasteiger partial charge in [0.2, 0.25) is 0 Å². The minimum absolute atomic E-state index is 0.0532. The second kappa shape index (κ2) is 9.20. The van der Waals surface area contributed by atoms with Crippen molar-refractivity contribution in [3.05, 3.63) is 64.1 Å². The number of rotatable bonds is 7. The van der Waals surface area contributed by atoms with E-state index in [2.05, 4.69) is 10.4 Å². The summed E-state index contributed by atoms with van der Waals surface area (Å²) in [5, 5.41) is 7.29. The first-order valence-electron chi connectivity index (χ1n) is 9.91. The number of aryl methyl sites for hydroxylation is 1. The van der Waals surface area contributed by atoms with Crippen LogP contribution in [0.2, 0.25) is 0 Å². The van der Waals surface area contributed by atoms with E-state index in [0.29, 0.717) is 30.2 Å². The minimum atomic E-state index is -4.58. The highest BCUT2D eigenvalue weighted by Gasteiger charge is 2.31. The molecular formula is C22H22F3N3O3. The number of hydrogen-bond donors (Lipinski definition) is 1. The zero-order valence-electron chi connectivity index (χ0n) is 17.1. The fourth-order valence-corrected chi connectivity index (χ4v) is 3.09. The van der Waals surface area contributed by atoms with Gasteiger partial charge in [-0.3, -0.25) is 9.59 Å². The number of nitrogens with zero attached hydrogens (tertiary/aromatic N) is 2. The number of amides is 1. The highest BCUT2D eigenvalue weighted by Crippen LogP contribution is 2.35. The zero-order valence-corrected chi connectivity index (χ0v) is 17.1. The van der Waals surface area contributed by atoms with E-state index >= 15 is 0 Å². The SMILES string of the molecule is CCCOc1ccc(C(F)(F)F)cc1NC(=O)c1nn(CCC)c(=O)c2ccccc12. The lowest BCUT2D eigenvalue weighted by Gasteiger charge is -2.16. The van der Waals surface area contributed by atoms with Crippen LogP contribution in [0, 0.1) is 0 Å². The van der Waals surface area contributed by atoms with E-state index < -0.39 is 17.6 Å². The van der Waals surface area contributed by atoms with Gasteiger partial charge < -0.3 is 10.1 Å². The number of alkyl halides is 3. The number of halogens is 3. The third-order valence-corrected chi connectivity index (χ3v) is 4.54. The first-order valence-corrected chi connectivity index (χ1v) is 9.91. The maximum atomic E-state index is 13.2. The molecule has 3 rings (SSSR count). The second-order valence-corrected chi connectivity index (χ2v) is 6.93. The van der Waals surface area contributed by atoms with Crippen LogP contribution >= 0.6 is 0 Å². The van der Waals surface area contributed by atoms with E-state index in [0.717, 1.165) is 12.1 Å². The van der Waals surface area contributed by atoms with Crippen molar-refractivity contribution >= 4 is 22.4 Å². The van der Waals surface area contributed by atoms with Gasteiger partial charge >= 0.3 is 6.18 Å². The molecule has 0 aliphatic heterocycles. The molecule has 0 unspecified atom stereocenters. The molecule has 0 fully saturated rings. The van der Waals surface area contributed by atoms with Gasteiger partial charge in [-0.1, -0.05) is 32.0 Å². The van der Waals surface area contributed by atoms with Crippen LogP contribution in [-0.2, 0) is 12.7 Å². The monoisotopic (exact) mass is 433 g/mol. The number of nitrogens with one attached hydrogen (secondary N) is 1. The molecular weight excluding hydrogens is 411 g/mol. The number of hydrogen-bond acceptors (Lipinski definition) is 4. The van der Waals surface area contributed by atoms with Gasteiger partial charge in [-0.05, 0) is 37.1 Å². The molecule has 0 saturated carbocycles. The van der Waals surface area contributed by atoms with Crippen LogP contribution in [0.4, 0.5) is 18.9 Å². The lowest BCUT2D eigenvalue weighted by molar-refractivity contribution is -0.137. The Bertz CT molecular complexity index is 1160. The van der Waals surface area contributed by atoms with Gasteiger partial charge in [0, 0.05) is 11.9 Å². The average Bonchev–Trinajstić information content (AvgIpc) is 2.74. The van der Waals surface area contributed by atoms with Gasteiger partial charge in [0.25, 0.3) is 11.5 Å². The number of carbonyl (C=O) groups is 1. The lowest BCUT2D eigenvalue weighted by Crippen LogP contribution is -2.27. The van der Waals surface area contributed by atoms with Crippen molar-refractivity contribution in [2.75, 3.05) is 11.9 Å². The fraction of sp³-hybridized carbons (Fsp3) is 0.318. The van der Waals surface area contributed by atoms with E-state index in [9.17, 15) is 22.8 Å². The topological polar surface area (TPSA) is 73.2 Å². The number of benzene rings is 2. The summed E-state index contributed by atoms with van der Waals surface area (Å²) in [4.78, 5) is 25.7. The second-order valence-electron chi connectivity index (χ2n) is 6.93. The Balaban J connectivity index is 2.07. The zero-order chi connectivity index (χ0) is 22.6. The van der Waals surface area contributed by atoms with Crippen LogP contribution in [0.3, 0.4) is 0 Å². The molecule has 164 valence electrons. The maximum Gasteiger partial charge on any atom is 0.416 e. The van der Waals surface area contributed by atoms with Gasteiger partial charge in [0.05, 0.1) is 23.2 Å². The summed E-state index contributed by atoms with van der Waals surface area (Å²) >= 11 is 0. The molecule has 0 aliphatic carbocycles. The minimum Gasteiger partial charge on any atom is -0.491 e. The molecule has 1 aromatic heterocycles. The van der Waals surface area contributed by atoms with Gasteiger partial charge in [0.1, 0.15) is 5.75 Å². The Morgan fingerprint density at radius 1 is 1.10 bits per heavy atom. The van der Waals surface area contributed by atoms with Crippen LogP contribution in [-0.4, -0.2) is 22.3 Å². The summed E-state index contributed by atoms with van der Waals surface area (Å²) in [6, 6.07) is 9.40. The first kappa shape index (κ1) is 22.3. The van der Waals surface area contributed by atoms with Crippen LogP contribution in [0.25, 0.3) is 10.8 Å². The molecule has 0 spiro atoms. The highest BCUT2D eigenvalue weighted by atomic mass is 19.4. The summed E-state index contributed by atoms with van der Waals surface area (Å²) in [6.45, 7) is 4.30. The molecule has 3 aromatic rings. The molecule has 31 heavy (non-hydrogen) atoms. The standard InChI is InChI=1S/C22H22F3N3O3/c1-3-11-28-21(30)16-8-6-5-7-15(16)19(27-28)20(29)26-17-13-14(22(23,24)25)9-10-18(17)31-12-4-2/h5-10,13H,3-4,11-12H2,1-2H3,(H,26,29). The van der Waals surface area contributed by atoms with Crippen molar-refractivity contribution in [3.8, 4) is 5.75 Å². The molecule has 0 saturated heterocycles. The number of ether oxygens (including phenoxy) is 1. The lowest BCUT2D eigenvalue weighted by atomic mass is 10.1. The van der Waals surface area contributed by atoms with E-state index in [-0.39, 0.29) is 29.3 Å². The Labute approximate surface area is 176 Å². The summed E-state index contributed by atoms with van der Waals surface area (Å²) in [6.07, 6.45) is -3.32. The summed E-state index contributed by atoms with van der Waals surface area (Å²) in [7, 11) is 0. The Morgan fingerprint density at radius 3 is 2.45 bits per heavy atom. The number of carbonyl (C=O) groups excluding carboxylic acids is 1. The van der Waals surface area contributed by atoms with Gasteiger partial charge in [-0.2, -0.15) is 18.3 Å².